The third-order valence-electron chi connectivity index (χ3n) is 5.33. The summed E-state index contributed by atoms with van der Waals surface area (Å²) >= 11 is 0. The summed E-state index contributed by atoms with van der Waals surface area (Å²) in [7, 11) is 0. The number of nitrogens with zero attached hydrogens (tertiary/aromatic N) is 2. The van der Waals surface area contributed by atoms with Crippen molar-refractivity contribution in [3.05, 3.63) is 65.9 Å². The number of hydrogen-bond acceptors (Lipinski definition) is 5. The number of nitrogens with one attached hydrogen (secondary N) is 2. The Labute approximate surface area is 192 Å². The molecule has 0 bridgehead atoms. The van der Waals surface area contributed by atoms with E-state index in [1.807, 2.05) is 12.1 Å². The molecule has 1 heterocycles. The van der Waals surface area contributed by atoms with E-state index < -0.39 is 11.7 Å². The van der Waals surface area contributed by atoms with Gasteiger partial charge in [-0.1, -0.05) is 39.3 Å². The smallest absolute Gasteiger partial charge is 0.421 e. The van der Waals surface area contributed by atoms with Crippen LogP contribution in [0.1, 0.15) is 57.1 Å². The molecule has 33 heavy (non-hydrogen) atoms. The van der Waals surface area contributed by atoms with Crippen LogP contribution in [-0.4, -0.2) is 16.6 Å². The van der Waals surface area contributed by atoms with Crippen molar-refractivity contribution in [3.8, 4) is 5.75 Å². The first-order valence-electron chi connectivity index (χ1n) is 11.1. The molecule has 3 rings (SSSR count). The van der Waals surface area contributed by atoms with E-state index in [1.165, 1.54) is 0 Å². The van der Waals surface area contributed by atoms with Crippen molar-refractivity contribution < 1.29 is 17.9 Å². The van der Waals surface area contributed by atoms with Gasteiger partial charge in [-0.15, -0.1) is 0 Å². The Morgan fingerprint density at radius 1 is 0.939 bits per heavy atom. The molecule has 3 aromatic rings. The minimum atomic E-state index is -4.59. The summed E-state index contributed by atoms with van der Waals surface area (Å²) in [5, 5.41) is 5.75. The Morgan fingerprint density at radius 3 is 2.18 bits per heavy atom. The standard InChI is InChI=1S/C25H29F3N4O/c1-4-6-15-33-21-13-11-20(12-14-21)31-24-29-16-22(25(26,27)28)23(32-24)30-19-9-7-18(8-10-19)17(3)5-2/h7-14,16-17H,4-6,15H2,1-3H3,(H2,29,30,31,32). The van der Waals surface area contributed by atoms with Gasteiger partial charge in [0.05, 0.1) is 6.61 Å². The third-order valence-corrected chi connectivity index (χ3v) is 5.33. The lowest BCUT2D eigenvalue weighted by Crippen LogP contribution is -2.12. The van der Waals surface area contributed by atoms with Gasteiger partial charge in [0.2, 0.25) is 5.95 Å². The second-order valence-electron chi connectivity index (χ2n) is 7.86. The zero-order valence-electron chi connectivity index (χ0n) is 19.0. The lowest BCUT2D eigenvalue weighted by Gasteiger charge is -2.16. The topological polar surface area (TPSA) is 59.1 Å². The number of unbranched alkanes of at least 4 members (excludes halogenated alkanes) is 1. The molecule has 8 heteroatoms. The molecule has 5 nitrogen and oxygen atoms in total. The summed E-state index contributed by atoms with van der Waals surface area (Å²) in [5.41, 5.74) is 1.36. The Kier molecular flexibility index (Phi) is 8.14. The molecule has 0 saturated carbocycles. The van der Waals surface area contributed by atoms with Gasteiger partial charge in [0.25, 0.3) is 0 Å². The number of aromatic nitrogens is 2. The molecule has 0 spiro atoms. The molecule has 0 aliphatic heterocycles. The highest BCUT2D eigenvalue weighted by molar-refractivity contribution is 5.63. The Hall–Kier alpha value is -3.29. The van der Waals surface area contributed by atoms with Crippen molar-refractivity contribution in [2.24, 2.45) is 0 Å². The van der Waals surface area contributed by atoms with Crippen molar-refractivity contribution in [3.63, 3.8) is 0 Å². The highest BCUT2D eigenvalue weighted by atomic mass is 19.4. The highest BCUT2D eigenvalue weighted by Crippen LogP contribution is 2.35. The van der Waals surface area contributed by atoms with Crippen LogP contribution in [0.4, 0.5) is 36.3 Å². The largest absolute Gasteiger partial charge is 0.494 e. The number of halogens is 3. The van der Waals surface area contributed by atoms with Crippen molar-refractivity contribution in [1.82, 2.24) is 9.97 Å². The first-order valence-corrected chi connectivity index (χ1v) is 11.1. The van der Waals surface area contributed by atoms with Crippen LogP contribution in [0.15, 0.2) is 54.7 Å². The summed E-state index contributed by atoms with van der Waals surface area (Å²) in [6.07, 6.45) is -0.807. The van der Waals surface area contributed by atoms with E-state index >= 15 is 0 Å². The highest BCUT2D eigenvalue weighted by Gasteiger charge is 2.35. The molecule has 0 aliphatic carbocycles. The van der Waals surface area contributed by atoms with Gasteiger partial charge in [-0.05, 0) is 60.7 Å². The first-order chi connectivity index (χ1) is 15.8. The average Bonchev–Trinajstić information content (AvgIpc) is 2.80. The molecule has 2 N–H and O–H groups in total. The number of hydrogen-bond donors (Lipinski definition) is 2. The maximum absolute atomic E-state index is 13.5. The number of benzene rings is 2. The van der Waals surface area contributed by atoms with Crippen molar-refractivity contribution in [1.29, 1.82) is 0 Å². The summed E-state index contributed by atoms with van der Waals surface area (Å²) < 4.78 is 46.3. The van der Waals surface area contributed by atoms with Crippen LogP contribution in [0.25, 0.3) is 0 Å². The monoisotopic (exact) mass is 458 g/mol. The molecule has 0 aliphatic rings. The van der Waals surface area contributed by atoms with E-state index in [0.717, 1.165) is 36.8 Å². The predicted molar refractivity (Wildman–Crippen MR) is 126 cm³/mol. The second-order valence-corrected chi connectivity index (χ2v) is 7.86. The number of alkyl halides is 3. The summed E-state index contributed by atoms with van der Waals surface area (Å²) in [5.74, 6) is 0.853. The lowest BCUT2D eigenvalue weighted by molar-refractivity contribution is -0.137. The van der Waals surface area contributed by atoms with Gasteiger partial charge in [-0.25, -0.2) is 4.98 Å². The van der Waals surface area contributed by atoms with E-state index in [2.05, 4.69) is 41.4 Å². The maximum atomic E-state index is 13.5. The number of anilines is 4. The molecule has 0 saturated heterocycles. The Balaban J connectivity index is 1.78. The average molecular weight is 459 g/mol. The minimum Gasteiger partial charge on any atom is -0.494 e. The van der Waals surface area contributed by atoms with Crippen molar-refractivity contribution in [2.45, 2.75) is 52.1 Å². The fraction of sp³-hybridized carbons (Fsp3) is 0.360. The van der Waals surface area contributed by atoms with Crippen LogP contribution in [0, 0.1) is 0 Å². The molecule has 1 atom stereocenters. The normalized spacial score (nSPS) is 12.3. The van der Waals surface area contributed by atoms with E-state index in [0.29, 0.717) is 23.9 Å². The zero-order chi connectivity index (χ0) is 23.8. The van der Waals surface area contributed by atoms with Gasteiger partial charge < -0.3 is 15.4 Å². The summed E-state index contributed by atoms with van der Waals surface area (Å²) in [6.45, 7) is 6.93. The molecule has 176 valence electrons. The summed E-state index contributed by atoms with van der Waals surface area (Å²) in [4.78, 5) is 7.96. The SMILES string of the molecule is CCCCOc1ccc(Nc2ncc(C(F)(F)F)c(Nc3ccc(C(C)CC)cc3)n2)cc1. The summed E-state index contributed by atoms with van der Waals surface area (Å²) in [6, 6.07) is 14.5. The van der Waals surface area contributed by atoms with Crippen LogP contribution in [0.3, 0.4) is 0 Å². The van der Waals surface area contributed by atoms with E-state index in [4.69, 9.17) is 4.74 Å². The first kappa shape index (κ1) is 24.4. The number of rotatable bonds is 10. The number of ether oxygens (including phenoxy) is 1. The van der Waals surface area contributed by atoms with Crippen LogP contribution in [0.5, 0.6) is 5.75 Å². The van der Waals surface area contributed by atoms with Crippen molar-refractivity contribution >= 4 is 23.1 Å². The van der Waals surface area contributed by atoms with E-state index in [1.54, 1.807) is 36.4 Å². The van der Waals surface area contributed by atoms with Crippen LogP contribution in [0.2, 0.25) is 0 Å². The zero-order valence-corrected chi connectivity index (χ0v) is 19.0. The third kappa shape index (κ3) is 6.84. The van der Waals surface area contributed by atoms with Crippen LogP contribution in [-0.2, 0) is 6.18 Å². The Bertz CT molecular complexity index is 1020. The van der Waals surface area contributed by atoms with Crippen LogP contribution >= 0.6 is 0 Å². The fourth-order valence-electron chi connectivity index (χ4n) is 3.11. The predicted octanol–water partition coefficient (Wildman–Crippen LogP) is 7.68. The van der Waals surface area contributed by atoms with Gasteiger partial charge in [0.1, 0.15) is 17.1 Å². The molecular weight excluding hydrogens is 429 g/mol. The molecule has 0 amide bonds. The second kappa shape index (κ2) is 11.0. The van der Waals surface area contributed by atoms with Crippen molar-refractivity contribution in [2.75, 3.05) is 17.2 Å². The van der Waals surface area contributed by atoms with E-state index in [9.17, 15) is 13.2 Å². The van der Waals surface area contributed by atoms with Gasteiger partial charge >= 0.3 is 6.18 Å². The van der Waals surface area contributed by atoms with Gasteiger partial charge in [-0.3, -0.25) is 0 Å². The quantitative estimate of drug-likeness (QED) is 0.305. The van der Waals surface area contributed by atoms with E-state index in [-0.39, 0.29) is 11.8 Å². The van der Waals surface area contributed by atoms with Gasteiger partial charge in [0, 0.05) is 17.6 Å². The Morgan fingerprint density at radius 2 is 1.58 bits per heavy atom. The molecule has 1 aromatic heterocycles. The lowest BCUT2D eigenvalue weighted by atomic mass is 9.99. The molecular formula is C25H29F3N4O. The van der Waals surface area contributed by atoms with Gasteiger partial charge in [0.15, 0.2) is 0 Å². The molecule has 0 fully saturated rings. The molecule has 2 aromatic carbocycles. The minimum absolute atomic E-state index is 0.0568. The van der Waals surface area contributed by atoms with Gasteiger partial charge in [-0.2, -0.15) is 18.2 Å². The fourth-order valence-corrected chi connectivity index (χ4v) is 3.11. The maximum Gasteiger partial charge on any atom is 0.421 e. The molecule has 0 radical (unpaired) electrons. The van der Waals surface area contributed by atoms with Crippen LogP contribution < -0.4 is 15.4 Å². The molecule has 1 unspecified atom stereocenters.